The van der Waals surface area contributed by atoms with Crippen molar-refractivity contribution in [2.75, 3.05) is 5.32 Å². The number of carboxylic acids is 2. The standard InChI is InChI=1S/C15H19N3O6/c1-8(17-11(15(23)24)6-7-12(16)19)13(20)18-10-5-3-2-4-9(10)14(21)22/h2-5,8,11,17H,6-7H2,1H3,(H2,16,19)(H,18,20)(H,21,22)(H,23,24). The van der Waals surface area contributed by atoms with Crippen LogP contribution in [0, 0.1) is 0 Å². The third-order valence-corrected chi connectivity index (χ3v) is 3.24. The molecule has 0 aliphatic heterocycles. The zero-order chi connectivity index (χ0) is 18.3. The van der Waals surface area contributed by atoms with Gasteiger partial charge in [-0.05, 0) is 25.5 Å². The fourth-order valence-corrected chi connectivity index (χ4v) is 1.96. The lowest BCUT2D eigenvalue weighted by Crippen LogP contribution is -2.47. The molecular formula is C15H19N3O6. The van der Waals surface area contributed by atoms with Gasteiger partial charge in [0.2, 0.25) is 11.8 Å². The largest absolute Gasteiger partial charge is 0.480 e. The summed E-state index contributed by atoms with van der Waals surface area (Å²) >= 11 is 0. The summed E-state index contributed by atoms with van der Waals surface area (Å²) < 4.78 is 0. The minimum Gasteiger partial charge on any atom is -0.480 e. The Morgan fingerprint density at radius 2 is 1.79 bits per heavy atom. The van der Waals surface area contributed by atoms with Crippen molar-refractivity contribution in [3.05, 3.63) is 29.8 Å². The summed E-state index contributed by atoms with van der Waals surface area (Å²) in [7, 11) is 0. The molecule has 9 heteroatoms. The minimum absolute atomic E-state index is 0.0615. The topological polar surface area (TPSA) is 159 Å². The van der Waals surface area contributed by atoms with Crippen LogP contribution < -0.4 is 16.4 Å². The second-order valence-electron chi connectivity index (χ2n) is 5.12. The summed E-state index contributed by atoms with van der Waals surface area (Å²) in [4.78, 5) is 45.1. The Morgan fingerprint density at radius 1 is 1.17 bits per heavy atom. The number of aliphatic carboxylic acids is 1. The quantitative estimate of drug-likeness (QED) is 0.424. The highest BCUT2D eigenvalue weighted by atomic mass is 16.4. The van der Waals surface area contributed by atoms with Crippen molar-refractivity contribution in [1.29, 1.82) is 0 Å². The second kappa shape index (κ2) is 8.63. The summed E-state index contributed by atoms with van der Waals surface area (Å²) in [5, 5.41) is 23.2. The van der Waals surface area contributed by atoms with Crippen LogP contribution in [-0.4, -0.2) is 46.0 Å². The Bertz CT molecular complexity index is 646. The number of aromatic carboxylic acids is 1. The number of carbonyl (C=O) groups excluding carboxylic acids is 2. The Kier molecular flexibility index (Phi) is 6.87. The number of carbonyl (C=O) groups is 4. The molecule has 0 fully saturated rings. The number of rotatable bonds is 9. The maximum Gasteiger partial charge on any atom is 0.337 e. The van der Waals surface area contributed by atoms with Crippen molar-refractivity contribution in [2.24, 2.45) is 5.73 Å². The summed E-state index contributed by atoms with van der Waals surface area (Å²) in [6.45, 7) is 1.43. The number of benzene rings is 1. The SMILES string of the molecule is CC(NC(CCC(N)=O)C(=O)O)C(=O)Nc1ccccc1C(=O)O. The number of hydrogen-bond acceptors (Lipinski definition) is 5. The Balaban J connectivity index is 2.75. The monoisotopic (exact) mass is 337 g/mol. The number of anilines is 1. The van der Waals surface area contributed by atoms with Crippen LogP contribution in [-0.2, 0) is 14.4 Å². The molecule has 0 aliphatic carbocycles. The van der Waals surface area contributed by atoms with Gasteiger partial charge in [0, 0.05) is 6.42 Å². The van der Waals surface area contributed by atoms with Crippen LogP contribution in [0.3, 0.4) is 0 Å². The van der Waals surface area contributed by atoms with E-state index in [2.05, 4.69) is 10.6 Å². The Morgan fingerprint density at radius 3 is 2.33 bits per heavy atom. The average molecular weight is 337 g/mol. The van der Waals surface area contributed by atoms with Gasteiger partial charge < -0.3 is 21.3 Å². The van der Waals surface area contributed by atoms with E-state index in [-0.39, 0.29) is 24.1 Å². The molecule has 130 valence electrons. The van der Waals surface area contributed by atoms with Crippen LogP contribution in [0.2, 0.25) is 0 Å². The first kappa shape index (κ1) is 19.1. The fraction of sp³-hybridized carbons (Fsp3) is 0.333. The van der Waals surface area contributed by atoms with Crippen molar-refractivity contribution >= 4 is 29.4 Å². The average Bonchev–Trinajstić information content (AvgIpc) is 2.50. The number of amides is 2. The van der Waals surface area contributed by atoms with E-state index in [1.54, 1.807) is 6.07 Å². The molecule has 2 unspecified atom stereocenters. The lowest BCUT2D eigenvalue weighted by atomic mass is 10.1. The highest BCUT2D eigenvalue weighted by Crippen LogP contribution is 2.15. The molecule has 2 atom stereocenters. The van der Waals surface area contributed by atoms with Crippen molar-refractivity contribution in [2.45, 2.75) is 31.8 Å². The minimum atomic E-state index is -1.22. The van der Waals surface area contributed by atoms with Crippen LogP contribution >= 0.6 is 0 Å². The molecule has 1 aromatic carbocycles. The first-order valence-corrected chi connectivity index (χ1v) is 7.12. The first-order chi connectivity index (χ1) is 11.2. The van der Waals surface area contributed by atoms with Crippen LogP contribution in [0.5, 0.6) is 0 Å². The lowest BCUT2D eigenvalue weighted by molar-refractivity contribution is -0.140. The maximum absolute atomic E-state index is 12.1. The number of nitrogens with two attached hydrogens (primary N) is 1. The van der Waals surface area contributed by atoms with Crippen LogP contribution in [0.15, 0.2) is 24.3 Å². The van der Waals surface area contributed by atoms with Gasteiger partial charge in [-0.15, -0.1) is 0 Å². The molecule has 24 heavy (non-hydrogen) atoms. The molecule has 1 rings (SSSR count). The normalized spacial score (nSPS) is 12.9. The number of para-hydroxylation sites is 1. The van der Waals surface area contributed by atoms with E-state index in [1.807, 2.05) is 0 Å². The molecule has 0 aromatic heterocycles. The van der Waals surface area contributed by atoms with E-state index in [0.717, 1.165) is 0 Å². The summed E-state index contributed by atoms with van der Waals surface area (Å²) in [6.07, 6.45) is -0.200. The van der Waals surface area contributed by atoms with E-state index in [0.29, 0.717) is 0 Å². The first-order valence-electron chi connectivity index (χ1n) is 7.12. The molecule has 1 aromatic rings. The molecule has 2 amide bonds. The molecule has 0 saturated carbocycles. The van der Waals surface area contributed by atoms with Gasteiger partial charge in [-0.1, -0.05) is 12.1 Å². The van der Waals surface area contributed by atoms with E-state index >= 15 is 0 Å². The van der Waals surface area contributed by atoms with Crippen molar-refractivity contribution in [3.63, 3.8) is 0 Å². The highest BCUT2D eigenvalue weighted by molar-refractivity contribution is 6.02. The third-order valence-electron chi connectivity index (χ3n) is 3.24. The van der Waals surface area contributed by atoms with E-state index in [1.165, 1.54) is 25.1 Å². The summed E-state index contributed by atoms with van der Waals surface area (Å²) in [6, 6.07) is 3.78. The van der Waals surface area contributed by atoms with Gasteiger partial charge >= 0.3 is 11.9 Å². The van der Waals surface area contributed by atoms with Crippen molar-refractivity contribution in [3.8, 4) is 0 Å². The summed E-state index contributed by atoms with van der Waals surface area (Å²) in [5.74, 6) is -3.66. The Hall–Kier alpha value is -2.94. The molecule has 0 saturated heterocycles. The summed E-state index contributed by atoms with van der Waals surface area (Å²) in [5.41, 5.74) is 5.01. The van der Waals surface area contributed by atoms with E-state index in [9.17, 15) is 19.2 Å². The molecule has 9 nitrogen and oxygen atoms in total. The lowest BCUT2D eigenvalue weighted by Gasteiger charge is -2.20. The maximum atomic E-state index is 12.1. The molecule has 0 heterocycles. The number of hydrogen-bond donors (Lipinski definition) is 5. The second-order valence-corrected chi connectivity index (χ2v) is 5.12. The van der Waals surface area contributed by atoms with E-state index in [4.69, 9.17) is 15.9 Å². The van der Waals surface area contributed by atoms with Gasteiger partial charge in [0.1, 0.15) is 6.04 Å². The van der Waals surface area contributed by atoms with E-state index < -0.39 is 35.8 Å². The van der Waals surface area contributed by atoms with Gasteiger partial charge in [-0.25, -0.2) is 4.79 Å². The van der Waals surface area contributed by atoms with Gasteiger partial charge in [0.05, 0.1) is 17.3 Å². The van der Waals surface area contributed by atoms with Gasteiger partial charge in [0.15, 0.2) is 0 Å². The fourth-order valence-electron chi connectivity index (χ4n) is 1.96. The number of nitrogens with one attached hydrogen (secondary N) is 2. The highest BCUT2D eigenvalue weighted by Gasteiger charge is 2.24. The van der Waals surface area contributed by atoms with Gasteiger partial charge in [-0.3, -0.25) is 19.7 Å². The zero-order valence-corrected chi connectivity index (χ0v) is 13.0. The Labute approximate surface area is 137 Å². The number of carboxylic acid groups (broad SMARTS) is 2. The smallest absolute Gasteiger partial charge is 0.337 e. The van der Waals surface area contributed by atoms with Crippen LogP contribution in [0.25, 0.3) is 0 Å². The molecule has 0 aliphatic rings. The predicted octanol–water partition coefficient (Wildman–Crippen LogP) is 0.0201. The molecule has 6 N–H and O–H groups in total. The van der Waals surface area contributed by atoms with Crippen molar-refractivity contribution in [1.82, 2.24) is 5.32 Å². The number of primary amides is 1. The third kappa shape index (κ3) is 5.69. The zero-order valence-electron chi connectivity index (χ0n) is 13.0. The molecular weight excluding hydrogens is 318 g/mol. The molecule has 0 bridgehead atoms. The molecule has 0 radical (unpaired) electrons. The van der Waals surface area contributed by atoms with Crippen LogP contribution in [0.4, 0.5) is 5.69 Å². The van der Waals surface area contributed by atoms with Crippen molar-refractivity contribution < 1.29 is 29.4 Å². The molecule has 0 spiro atoms. The van der Waals surface area contributed by atoms with Crippen LogP contribution in [0.1, 0.15) is 30.1 Å². The predicted molar refractivity (Wildman–Crippen MR) is 84.5 cm³/mol. The van der Waals surface area contributed by atoms with Gasteiger partial charge in [0.25, 0.3) is 0 Å². The van der Waals surface area contributed by atoms with Gasteiger partial charge in [-0.2, -0.15) is 0 Å².